The molecule has 104 valence electrons. The molecular weight excluding hydrogens is 354 g/mol. The Morgan fingerprint density at radius 3 is 2.37 bits per heavy atom. The largest absolute Gasteiger partial charge is 0.383 e. The molecule has 0 amide bonds. The third-order valence-electron chi connectivity index (χ3n) is 4.70. The monoisotopic (exact) mass is 374 g/mol. The van der Waals surface area contributed by atoms with E-state index in [1.54, 1.807) is 6.07 Å². The maximum Gasteiger partial charge on any atom is 0.138 e. The molecule has 19 heavy (non-hydrogen) atoms. The lowest BCUT2D eigenvalue weighted by molar-refractivity contribution is 0.185. The summed E-state index contributed by atoms with van der Waals surface area (Å²) in [5.41, 5.74) is 2.29. The van der Waals surface area contributed by atoms with Crippen molar-refractivity contribution in [3.63, 3.8) is 0 Å². The Kier molecular flexibility index (Phi) is 3.62. The second-order valence-corrected chi connectivity index (χ2v) is 7.36. The summed E-state index contributed by atoms with van der Waals surface area (Å²) in [5.74, 6) is 0.719. The zero-order chi connectivity index (χ0) is 13.5. The molecule has 3 rings (SSSR count). The van der Waals surface area contributed by atoms with Crippen molar-refractivity contribution in [1.29, 1.82) is 0 Å². The minimum absolute atomic E-state index is 0.137. The SMILES string of the molecule is CC1CCC2(CC1)CNc1cc(F)c(I)cc1NC2. The predicted molar refractivity (Wildman–Crippen MR) is 86.2 cm³/mol. The van der Waals surface area contributed by atoms with Gasteiger partial charge >= 0.3 is 0 Å². The first kappa shape index (κ1) is 13.5. The van der Waals surface area contributed by atoms with Gasteiger partial charge in [-0.05, 0) is 47.4 Å². The highest BCUT2D eigenvalue weighted by Gasteiger charge is 2.35. The van der Waals surface area contributed by atoms with Gasteiger partial charge in [-0.25, -0.2) is 4.39 Å². The first-order valence-corrected chi connectivity index (χ1v) is 8.13. The van der Waals surface area contributed by atoms with Gasteiger partial charge in [0.15, 0.2) is 0 Å². The van der Waals surface area contributed by atoms with E-state index in [0.29, 0.717) is 8.99 Å². The maximum atomic E-state index is 13.6. The van der Waals surface area contributed by atoms with E-state index in [9.17, 15) is 4.39 Å². The van der Waals surface area contributed by atoms with Crippen LogP contribution in [-0.4, -0.2) is 13.1 Å². The Morgan fingerprint density at radius 2 is 1.74 bits per heavy atom. The second-order valence-electron chi connectivity index (χ2n) is 6.20. The Balaban J connectivity index is 1.81. The summed E-state index contributed by atoms with van der Waals surface area (Å²) in [6.45, 7) is 4.30. The minimum atomic E-state index is -0.137. The highest BCUT2D eigenvalue weighted by atomic mass is 127. The van der Waals surface area contributed by atoms with Gasteiger partial charge < -0.3 is 10.6 Å². The average Bonchev–Trinajstić information content (AvgIpc) is 2.56. The van der Waals surface area contributed by atoms with Gasteiger partial charge in [-0.1, -0.05) is 19.8 Å². The molecule has 1 aliphatic heterocycles. The number of fused-ring (bicyclic) bond motifs is 1. The number of benzene rings is 1. The van der Waals surface area contributed by atoms with Crippen LogP contribution < -0.4 is 10.6 Å². The first-order valence-electron chi connectivity index (χ1n) is 7.05. The molecule has 2 nitrogen and oxygen atoms in total. The van der Waals surface area contributed by atoms with Gasteiger partial charge in [0.05, 0.1) is 14.9 Å². The lowest BCUT2D eigenvalue weighted by Crippen LogP contribution is -2.38. The molecule has 1 aliphatic carbocycles. The van der Waals surface area contributed by atoms with Gasteiger partial charge in [-0.3, -0.25) is 0 Å². The number of rotatable bonds is 0. The van der Waals surface area contributed by atoms with Crippen LogP contribution in [0.25, 0.3) is 0 Å². The van der Waals surface area contributed by atoms with Gasteiger partial charge in [-0.15, -0.1) is 0 Å². The molecule has 1 spiro atoms. The van der Waals surface area contributed by atoms with Crippen molar-refractivity contribution < 1.29 is 4.39 Å². The fourth-order valence-electron chi connectivity index (χ4n) is 3.20. The molecule has 2 aliphatic rings. The highest BCUT2D eigenvalue weighted by Crippen LogP contribution is 2.42. The van der Waals surface area contributed by atoms with Crippen molar-refractivity contribution in [3.8, 4) is 0 Å². The number of hydrogen-bond acceptors (Lipinski definition) is 2. The molecule has 4 heteroatoms. The van der Waals surface area contributed by atoms with Crippen LogP contribution in [0.3, 0.4) is 0 Å². The zero-order valence-corrected chi connectivity index (χ0v) is 13.4. The van der Waals surface area contributed by atoms with E-state index in [2.05, 4.69) is 17.6 Å². The van der Waals surface area contributed by atoms with Crippen molar-refractivity contribution in [2.45, 2.75) is 32.6 Å². The maximum absolute atomic E-state index is 13.6. The molecule has 1 heterocycles. The summed E-state index contributed by atoms with van der Waals surface area (Å²) in [6.07, 6.45) is 5.15. The number of hydrogen-bond donors (Lipinski definition) is 2. The van der Waals surface area contributed by atoms with Gasteiger partial charge in [0.2, 0.25) is 0 Å². The van der Waals surface area contributed by atoms with Crippen LogP contribution >= 0.6 is 22.6 Å². The molecule has 0 bridgehead atoms. The first-order chi connectivity index (χ1) is 9.08. The molecule has 0 unspecified atom stereocenters. The van der Waals surface area contributed by atoms with Crippen molar-refractivity contribution in [1.82, 2.24) is 0 Å². The lowest BCUT2D eigenvalue weighted by Gasteiger charge is -2.38. The third-order valence-corrected chi connectivity index (χ3v) is 5.53. The van der Waals surface area contributed by atoms with Gasteiger partial charge in [0.1, 0.15) is 5.82 Å². The summed E-state index contributed by atoms with van der Waals surface area (Å²) < 4.78 is 14.3. The van der Waals surface area contributed by atoms with Crippen molar-refractivity contribution in [3.05, 3.63) is 21.5 Å². The Bertz CT molecular complexity index is 446. The number of halogens is 2. The Morgan fingerprint density at radius 1 is 1.16 bits per heavy atom. The average molecular weight is 374 g/mol. The van der Waals surface area contributed by atoms with E-state index in [4.69, 9.17) is 0 Å². The standard InChI is InChI=1S/C15H20FIN2/c1-10-2-4-15(5-3-10)8-18-13-6-11(16)12(17)7-14(13)19-9-15/h6-7,10,18-19H,2-5,8-9H2,1H3. The molecule has 0 aromatic heterocycles. The van der Waals surface area contributed by atoms with Crippen LogP contribution in [0.5, 0.6) is 0 Å². The molecule has 1 saturated carbocycles. The summed E-state index contributed by atoms with van der Waals surface area (Å²) >= 11 is 2.05. The molecule has 1 aromatic rings. The number of anilines is 2. The third kappa shape index (κ3) is 2.69. The van der Waals surface area contributed by atoms with Crippen molar-refractivity contribution in [2.75, 3.05) is 23.7 Å². The van der Waals surface area contributed by atoms with Gasteiger partial charge in [0.25, 0.3) is 0 Å². The molecular formula is C15H20FIN2. The molecule has 1 aromatic carbocycles. The van der Waals surface area contributed by atoms with E-state index in [-0.39, 0.29) is 5.82 Å². The fourth-order valence-corrected chi connectivity index (χ4v) is 3.66. The van der Waals surface area contributed by atoms with E-state index in [0.717, 1.165) is 30.4 Å². The van der Waals surface area contributed by atoms with Gasteiger partial charge in [-0.2, -0.15) is 0 Å². The van der Waals surface area contributed by atoms with Crippen LogP contribution in [0.2, 0.25) is 0 Å². The van der Waals surface area contributed by atoms with Crippen LogP contribution in [0.15, 0.2) is 12.1 Å². The summed E-state index contributed by atoms with van der Waals surface area (Å²) in [4.78, 5) is 0. The van der Waals surface area contributed by atoms with Crippen LogP contribution in [-0.2, 0) is 0 Å². The highest BCUT2D eigenvalue weighted by molar-refractivity contribution is 14.1. The zero-order valence-electron chi connectivity index (χ0n) is 11.2. The summed E-state index contributed by atoms with van der Waals surface area (Å²) in [6, 6.07) is 3.53. The Hall–Kier alpha value is -0.520. The predicted octanol–water partition coefficient (Wildman–Crippen LogP) is 4.46. The normalized spacial score (nSPS) is 30.2. The van der Waals surface area contributed by atoms with Crippen molar-refractivity contribution in [2.24, 2.45) is 11.3 Å². The van der Waals surface area contributed by atoms with Crippen LogP contribution in [0, 0.1) is 20.7 Å². The van der Waals surface area contributed by atoms with E-state index in [1.165, 1.54) is 25.7 Å². The fraction of sp³-hybridized carbons (Fsp3) is 0.600. The van der Waals surface area contributed by atoms with Crippen LogP contribution in [0.1, 0.15) is 32.6 Å². The Labute approximate surface area is 127 Å². The topological polar surface area (TPSA) is 24.1 Å². The van der Waals surface area contributed by atoms with E-state index < -0.39 is 0 Å². The molecule has 0 radical (unpaired) electrons. The summed E-state index contributed by atoms with van der Waals surface area (Å²) in [5, 5.41) is 7.00. The molecule has 0 saturated heterocycles. The van der Waals surface area contributed by atoms with E-state index >= 15 is 0 Å². The second kappa shape index (κ2) is 5.11. The number of nitrogens with one attached hydrogen (secondary N) is 2. The molecule has 1 fully saturated rings. The molecule has 0 atom stereocenters. The van der Waals surface area contributed by atoms with Crippen molar-refractivity contribution >= 4 is 34.0 Å². The minimum Gasteiger partial charge on any atom is -0.383 e. The smallest absolute Gasteiger partial charge is 0.138 e. The van der Waals surface area contributed by atoms with Crippen LogP contribution in [0.4, 0.5) is 15.8 Å². The van der Waals surface area contributed by atoms with E-state index in [1.807, 2.05) is 28.7 Å². The van der Waals surface area contributed by atoms with Gasteiger partial charge in [0, 0.05) is 24.6 Å². The quantitative estimate of drug-likeness (QED) is 0.655. The lowest BCUT2D eigenvalue weighted by atomic mass is 9.71. The summed E-state index contributed by atoms with van der Waals surface area (Å²) in [7, 11) is 0. The molecule has 2 N–H and O–H groups in total.